The van der Waals surface area contributed by atoms with Crippen LogP contribution < -0.4 is 0 Å². The predicted molar refractivity (Wildman–Crippen MR) is 138 cm³/mol. The van der Waals surface area contributed by atoms with Gasteiger partial charge in [0.2, 0.25) is 0 Å². The van der Waals surface area contributed by atoms with E-state index in [-0.39, 0.29) is 12.0 Å². The molecule has 5 rings (SSSR count). The molecule has 1 aliphatic carbocycles. The number of hydrogen-bond donors (Lipinski definition) is 1. The number of fused-ring (bicyclic) bond motifs is 1. The van der Waals surface area contributed by atoms with Crippen LogP contribution in [0.2, 0.25) is 10.0 Å². The Morgan fingerprint density at radius 3 is 2.54 bits per heavy atom. The molecule has 1 saturated carbocycles. The van der Waals surface area contributed by atoms with Gasteiger partial charge in [0.25, 0.3) is 0 Å². The summed E-state index contributed by atoms with van der Waals surface area (Å²) in [4.78, 5) is 16.3. The van der Waals surface area contributed by atoms with Crippen molar-refractivity contribution in [3.63, 3.8) is 0 Å². The van der Waals surface area contributed by atoms with E-state index in [1.54, 1.807) is 13.1 Å². The Morgan fingerprint density at radius 2 is 1.86 bits per heavy atom. The second-order valence-electron chi connectivity index (χ2n) is 9.57. The zero-order chi connectivity index (χ0) is 24.9. The average Bonchev–Trinajstić information content (AvgIpc) is 3.60. The van der Waals surface area contributed by atoms with Crippen LogP contribution in [-0.4, -0.2) is 31.1 Å². The van der Waals surface area contributed by atoms with Crippen LogP contribution in [0.3, 0.4) is 0 Å². The number of pyridine rings is 1. The van der Waals surface area contributed by atoms with E-state index in [4.69, 9.17) is 23.2 Å². The first-order chi connectivity index (χ1) is 16.8. The molecule has 1 aliphatic rings. The van der Waals surface area contributed by atoms with Crippen molar-refractivity contribution < 1.29 is 9.90 Å². The summed E-state index contributed by atoms with van der Waals surface area (Å²) in [6.07, 6.45) is 3.96. The van der Waals surface area contributed by atoms with Crippen molar-refractivity contribution in [2.24, 2.45) is 5.92 Å². The fourth-order valence-corrected chi connectivity index (χ4v) is 5.49. The highest BCUT2D eigenvalue weighted by Gasteiger charge is 2.32. The minimum absolute atomic E-state index is 0.125. The first-order valence-electron chi connectivity index (χ1n) is 11.8. The van der Waals surface area contributed by atoms with Gasteiger partial charge in [-0.3, -0.25) is 9.78 Å². The van der Waals surface area contributed by atoms with Crippen molar-refractivity contribution in [2.45, 2.75) is 51.5 Å². The largest absolute Gasteiger partial charge is 0.481 e. The fourth-order valence-electron chi connectivity index (χ4n) is 4.74. The highest BCUT2D eigenvalue weighted by Crippen LogP contribution is 2.48. The van der Waals surface area contributed by atoms with Crippen molar-refractivity contribution in [3.05, 3.63) is 75.4 Å². The van der Waals surface area contributed by atoms with Gasteiger partial charge >= 0.3 is 5.97 Å². The first-order valence-corrected chi connectivity index (χ1v) is 12.5. The molecule has 2 aromatic heterocycles. The van der Waals surface area contributed by atoms with Crippen LogP contribution in [0.4, 0.5) is 0 Å². The Labute approximate surface area is 213 Å². The van der Waals surface area contributed by atoms with Gasteiger partial charge in [-0.15, -0.1) is 5.10 Å². The van der Waals surface area contributed by atoms with Crippen LogP contribution in [0.25, 0.3) is 22.3 Å². The lowest BCUT2D eigenvalue weighted by Gasteiger charge is -2.25. The molecule has 1 fully saturated rings. The molecule has 0 aliphatic heterocycles. The van der Waals surface area contributed by atoms with Gasteiger partial charge in [0.1, 0.15) is 5.52 Å². The number of carboxylic acid groups (broad SMARTS) is 1. The highest BCUT2D eigenvalue weighted by molar-refractivity contribution is 6.36. The molecule has 1 unspecified atom stereocenters. The predicted octanol–water partition coefficient (Wildman–Crippen LogP) is 7.11. The lowest BCUT2D eigenvalue weighted by atomic mass is 9.92. The average molecular weight is 509 g/mol. The molecule has 2 heterocycles. The van der Waals surface area contributed by atoms with Crippen molar-refractivity contribution in [3.8, 4) is 11.3 Å². The maximum Gasteiger partial charge on any atom is 0.310 e. The molecule has 0 bridgehead atoms. The van der Waals surface area contributed by atoms with Gasteiger partial charge in [-0.2, -0.15) is 0 Å². The van der Waals surface area contributed by atoms with Crippen LogP contribution in [0.1, 0.15) is 68.2 Å². The van der Waals surface area contributed by atoms with E-state index >= 15 is 0 Å². The fraction of sp³-hybridized carbons (Fsp3) is 0.333. The maximum atomic E-state index is 11.7. The van der Waals surface area contributed by atoms with Crippen LogP contribution in [0.5, 0.6) is 0 Å². The summed E-state index contributed by atoms with van der Waals surface area (Å²) in [5, 5.41) is 19.8. The molecular weight excluding hydrogens is 483 g/mol. The smallest absolute Gasteiger partial charge is 0.310 e. The van der Waals surface area contributed by atoms with E-state index in [9.17, 15) is 9.90 Å². The van der Waals surface area contributed by atoms with Crippen molar-refractivity contribution in [1.29, 1.82) is 0 Å². The number of rotatable bonds is 7. The molecule has 0 spiro atoms. The van der Waals surface area contributed by atoms with Gasteiger partial charge in [-0.1, -0.05) is 72.6 Å². The van der Waals surface area contributed by atoms with Crippen LogP contribution in [0.15, 0.2) is 48.7 Å². The third-order valence-electron chi connectivity index (χ3n) is 6.80. The van der Waals surface area contributed by atoms with E-state index in [1.807, 2.05) is 47.1 Å². The first kappa shape index (κ1) is 23.8. The summed E-state index contributed by atoms with van der Waals surface area (Å²) in [5.74, 6) is -0.939. The van der Waals surface area contributed by atoms with E-state index in [1.165, 1.54) is 0 Å². The van der Waals surface area contributed by atoms with E-state index in [0.29, 0.717) is 32.7 Å². The van der Waals surface area contributed by atoms with Crippen LogP contribution in [-0.2, 0) is 4.79 Å². The van der Waals surface area contributed by atoms with E-state index in [0.717, 1.165) is 35.0 Å². The number of carboxylic acids is 1. The number of carbonyl (C=O) groups is 1. The second kappa shape index (κ2) is 9.25. The molecule has 35 heavy (non-hydrogen) atoms. The van der Waals surface area contributed by atoms with Crippen molar-refractivity contribution in [2.75, 3.05) is 0 Å². The van der Waals surface area contributed by atoms with E-state index < -0.39 is 11.9 Å². The molecule has 2 atom stereocenters. The minimum atomic E-state index is -0.884. The SMILES string of the molecule is CC(C(=O)O)c1ccccc1-c1cc2c(cn1)nnn2[C@@H](c1c(Cl)ccc(C2CC2)c1Cl)C(C)C. The maximum absolute atomic E-state index is 11.7. The number of aliphatic carboxylic acids is 1. The molecule has 180 valence electrons. The Morgan fingerprint density at radius 1 is 1.11 bits per heavy atom. The van der Waals surface area contributed by atoms with Gasteiger partial charge < -0.3 is 5.11 Å². The molecular formula is C27H26Cl2N4O2. The summed E-state index contributed by atoms with van der Waals surface area (Å²) >= 11 is 13.7. The molecule has 0 radical (unpaired) electrons. The minimum Gasteiger partial charge on any atom is -0.481 e. The normalized spacial score (nSPS) is 15.5. The molecule has 4 aromatic rings. The Balaban J connectivity index is 1.67. The summed E-state index contributed by atoms with van der Waals surface area (Å²) in [5.41, 5.74) is 5.57. The Bertz CT molecular complexity index is 1430. The number of hydrogen-bond acceptors (Lipinski definition) is 4. The van der Waals surface area contributed by atoms with Gasteiger partial charge in [-0.05, 0) is 54.9 Å². The Hall–Kier alpha value is -2.96. The molecule has 2 aromatic carbocycles. The van der Waals surface area contributed by atoms with Crippen molar-refractivity contribution in [1.82, 2.24) is 20.0 Å². The summed E-state index contributed by atoms with van der Waals surface area (Å²) in [6.45, 7) is 5.90. The van der Waals surface area contributed by atoms with E-state index in [2.05, 4.69) is 29.1 Å². The van der Waals surface area contributed by atoms with Gasteiger partial charge in [0.05, 0.1) is 34.4 Å². The third kappa shape index (κ3) is 4.30. The molecule has 0 amide bonds. The summed E-state index contributed by atoms with van der Waals surface area (Å²) in [6, 6.07) is 13.1. The molecule has 6 nitrogen and oxygen atoms in total. The van der Waals surface area contributed by atoms with Crippen LogP contribution >= 0.6 is 23.2 Å². The third-order valence-corrected chi connectivity index (χ3v) is 7.55. The molecule has 8 heteroatoms. The van der Waals surface area contributed by atoms with Crippen molar-refractivity contribution >= 4 is 40.2 Å². The van der Waals surface area contributed by atoms with Gasteiger partial charge in [0.15, 0.2) is 0 Å². The highest BCUT2D eigenvalue weighted by atomic mass is 35.5. The topological polar surface area (TPSA) is 80.9 Å². The van der Waals surface area contributed by atoms with Gasteiger partial charge in [0, 0.05) is 16.1 Å². The molecule has 1 N–H and O–H groups in total. The number of aromatic nitrogens is 4. The molecule has 0 saturated heterocycles. The monoisotopic (exact) mass is 508 g/mol. The standard InChI is InChI=1S/C27H26Cl2N4O2/c1-14(2)26(24-20(28)11-10-18(25(24)29)16-8-9-16)33-23-12-21(30-13-22(23)31-32-33)19-7-5-4-6-17(19)15(3)27(34)35/h4-7,10-16,26H,8-9H2,1-3H3,(H,34,35)/t15?,26-/m1/s1. The Kier molecular flexibility index (Phi) is 6.28. The van der Waals surface area contributed by atoms with Gasteiger partial charge in [-0.25, -0.2) is 4.68 Å². The van der Waals surface area contributed by atoms with Crippen LogP contribution in [0, 0.1) is 5.92 Å². The number of benzene rings is 2. The zero-order valence-corrected chi connectivity index (χ0v) is 21.3. The number of halogens is 2. The summed E-state index contributed by atoms with van der Waals surface area (Å²) in [7, 11) is 0. The summed E-state index contributed by atoms with van der Waals surface area (Å²) < 4.78 is 1.87. The second-order valence-corrected chi connectivity index (χ2v) is 10.4. The lowest BCUT2D eigenvalue weighted by molar-refractivity contribution is -0.138. The lowest BCUT2D eigenvalue weighted by Crippen LogP contribution is -2.19. The number of nitrogens with zero attached hydrogens (tertiary/aromatic N) is 4. The quantitative estimate of drug-likeness (QED) is 0.287. The zero-order valence-electron chi connectivity index (χ0n) is 19.7.